The zero-order chi connectivity index (χ0) is 11.1. The molecule has 2 aliphatic heterocycles. The molecule has 0 aromatic heterocycles. The third kappa shape index (κ3) is 2.04. The molecule has 1 N–H and O–H groups in total. The number of nitrogens with one attached hydrogen (secondary N) is 1. The Bertz CT molecular complexity index is 438. The van der Waals surface area contributed by atoms with Gasteiger partial charge in [0.05, 0.1) is 6.04 Å². The van der Waals surface area contributed by atoms with Crippen LogP contribution in [0.4, 0.5) is 0 Å². The molecule has 1 unspecified atom stereocenters. The van der Waals surface area contributed by atoms with Crippen molar-refractivity contribution in [2.45, 2.75) is 25.9 Å². The Morgan fingerprint density at radius 2 is 2.18 bits per heavy atom. The average Bonchev–Trinajstić information content (AvgIpc) is 2.78. The Kier molecular flexibility index (Phi) is 3.38. The van der Waals surface area contributed by atoms with Crippen LogP contribution < -0.4 is 5.43 Å². The van der Waals surface area contributed by atoms with E-state index in [4.69, 9.17) is 0 Å². The largest absolute Gasteiger partial charge is 0.275 e. The van der Waals surface area contributed by atoms with E-state index in [1.807, 2.05) is 5.12 Å². The van der Waals surface area contributed by atoms with Gasteiger partial charge in [0.1, 0.15) is 0 Å². The standard InChI is InChI=1S/C12H15N3O.ClH/c1-9(16)13-15-7-6-12-11-5-3-2-4-10(11)8-14(12)15;/h2-5,12H,6-8H2,1H3,(H,13,16);1H. The molecule has 1 aromatic rings. The summed E-state index contributed by atoms with van der Waals surface area (Å²) in [5.41, 5.74) is 5.66. The summed E-state index contributed by atoms with van der Waals surface area (Å²) in [6.45, 7) is 3.36. The molecule has 2 aliphatic rings. The van der Waals surface area contributed by atoms with Gasteiger partial charge in [0.2, 0.25) is 5.91 Å². The van der Waals surface area contributed by atoms with E-state index in [2.05, 4.69) is 34.7 Å². The fourth-order valence-corrected chi connectivity index (χ4v) is 2.68. The van der Waals surface area contributed by atoms with Gasteiger partial charge in [-0.05, 0) is 17.5 Å². The number of benzene rings is 1. The maximum absolute atomic E-state index is 11.1. The van der Waals surface area contributed by atoms with Crippen molar-refractivity contribution in [3.8, 4) is 0 Å². The van der Waals surface area contributed by atoms with Gasteiger partial charge in [0, 0.05) is 20.0 Å². The van der Waals surface area contributed by atoms with Gasteiger partial charge in [-0.3, -0.25) is 10.2 Å². The molecule has 2 heterocycles. The Balaban J connectivity index is 0.00000108. The second-order valence-corrected chi connectivity index (χ2v) is 4.39. The van der Waals surface area contributed by atoms with Crippen LogP contribution in [0.25, 0.3) is 0 Å². The number of carbonyl (C=O) groups excluding carboxylic acids is 1. The quantitative estimate of drug-likeness (QED) is 0.827. The van der Waals surface area contributed by atoms with E-state index in [-0.39, 0.29) is 18.3 Å². The summed E-state index contributed by atoms with van der Waals surface area (Å²) in [7, 11) is 0. The third-order valence-electron chi connectivity index (χ3n) is 3.32. The highest BCUT2D eigenvalue weighted by molar-refractivity contribution is 5.85. The van der Waals surface area contributed by atoms with E-state index in [1.54, 1.807) is 6.92 Å². The normalized spacial score (nSPS) is 22.8. The second kappa shape index (κ2) is 4.64. The number of halogens is 1. The number of hydrogen-bond acceptors (Lipinski definition) is 3. The van der Waals surface area contributed by atoms with Crippen molar-refractivity contribution in [1.29, 1.82) is 0 Å². The van der Waals surface area contributed by atoms with Crippen molar-refractivity contribution in [3.63, 3.8) is 0 Å². The molecule has 0 saturated carbocycles. The van der Waals surface area contributed by atoms with E-state index in [1.165, 1.54) is 11.1 Å². The minimum Gasteiger partial charge on any atom is -0.275 e. The summed E-state index contributed by atoms with van der Waals surface area (Å²) in [6, 6.07) is 8.97. The van der Waals surface area contributed by atoms with Gasteiger partial charge in [-0.15, -0.1) is 12.4 Å². The van der Waals surface area contributed by atoms with Crippen LogP contribution >= 0.6 is 12.4 Å². The molecule has 1 fully saturated rings. The van der Waals surface area contributed by atoms with Crippen molar-refractivity contribution in [1.82, 2.24) is 15.6 Å². The maximum Gasteiger partial charge on any atom is 0.232 e. The number of rotatable bonds is 1. The second-order valence-electron chi connectivity index (χ2n) is 4.39. The summed E-state index contributed by atoms with van der Waals surface area (Å²) in [6.07, 6.45) is 1.08. The number of hydrogen-bond donors (Lipinski definition) is 1. The molecular weight excluding hydrogens is 238 g/mol. The Morgan fingerprint density at radius 3 is 2.94 bits per heavy atom. The fraction of sp³-hybridized carbons (Fsp3) is 0.417. The number of nitrogens with zero attached hydrogens (tertiary/aromatic N) is 2. The lowest BCUT2D eigenvalue weighted by Crippen LogP contribution is -2.47. The highest BCUT2D eigenvalue weighted by Crippen LogP contribution is 2.40. The van der Waals surface area contributed by atoms with Gasteiger partial charge in [-0.25, -0.2) is 5.01 Å². The van der Waals surface area contributed by atoms with Crippen molar-refractivity contribution < 1.29 is 4.79 Å². The van der Waals surface area contributed by atoms with Crippen LogP contribution in [-0.4, -0.2) is 22.6 Å². The van der Waals surface area contributed by atoms with Gasteiger partial charge >= 0.3 is 0 Å². The number of carbonyl (C=O) groups is 1. The number of fused-ring (bicyclic) bond motifs is 3. The highest BCUT2D eigenvalue weighted by Gasteiger charge is 2.39. The van der Waals surface area contributed by atoms with Crippen molar-refractivity contribution >= 4 is 18.3 Å². The molecule has 0 aliphatic carbocycles. The van der Waals surface area contributed by atoms with Gasteiger partial charge < -0.3 is 0 Å². The van der Waals surface area contributed by atoms with Crippen LogP contribution in [0, 0.1) is 0 Å². The first-order chi connectivity index (χ1) is 7.75. The van der Waals surface area contributed by atoms with Gasteiger partial charge in [0.15, 0.2) is 0 Å². The first kappa shape index (κ1) is 12.4. The van der Waals surface area contributed by atoms with Crippen LogP contribution in [0.1, 0.15) is 30.5 Å². The molecule has 4 nitrogen and oxygen atoms in total. The molecule has 1 aromatic carbocycles. The minimum absolute atomic E-state index is 0. The SMILES string of the molecule is CC(=O)NN1CCC2c3ccccc3CN21.Cl. The van der Waals surface area contributed by atoms with Crippen molar-refractivity contribution in [2.75, 3.05) is 6.54 Å². The van der Waals surface area contributed by atoms with E-state index in [9.17, 15) is 4.79 Å². The third-order valence-corrected chi connectivity index (χ3v) is 3.32. The van der Waals surface area contributed by atoms with Gasteiger partial charge in [-0.2, -0.15) is 5.12 Å². The first-order valence-electron chi connectivity index (χ1n) is 5.65. The van der Waals surface area contributed by atoms with Crippen LogP contribution in [0.15, 0.2) is 24.3 Å². The van der Waals surface area contributed by atoms with Gasteiger partial charge in [0.25, 0.3) is 0 Å². The summed E-state index contributed by atoms with van der Waals surface area (Å²) < 4.78 is 0. The molecule has 1 amide bonds. The monoisotopic (exact) mass is 253 g/mol. The Labute approximate surface area is 107 Å². The Morgan fingerprint density at radius 1 is 1.41 bits per heavy atom. The number of hydrazine groups is 2. The lowest BCUT2D eigenvalue weighted by atomic mass is 10.0. The van der Waals surface area contributed by atoms with Gasteiger partial charge in [-0.1, -0.05) is 24.3 Å². The Hall–Kier alpha value is -1.10. The summed E-state index contributed by atoms with van der Waals surface area (Å²) in [5.74, 6) is -0.00314. The van der Waals surface area contributed by atoms with E-state index in [0.717, 1.165) is 19.5 Å². The predicted octanol–water partition coefficient (Wildman–Crippen LogP) is 1.64. The molecule has 1 atom stereocenters. The lowest BCUT2D eigenvalue weighted by Gasteiger charge is -2.26. The molecular formula is C12H16ClN3O. The average molecular weight is 254 g/mol. The topological polar surface area (TPSA) is 35.6 Å². The van der Waals surface area contributed by atoms with E-state index in [0.29, 0.717) is 6.04 Å². The molecule has 3 rings (SSSR count). The summed E-state index contributed by atoms with van der Waals surface area (Å²) >= 11 is 0. The van der Waals surface area contributed by atoms with Crippen LogP contribution in [0.3, 0.4) is 0 Å². The minimum atomic E-state index is -0.00314. The molecule has 5 heteroatoms. The maximum atomic E-state index is 11.1. The molecule has 92 valence electrons. The smallest absolute Gasteiger partial charge is 0.232 e. The number of amides is 1. The zero-order valence-corrected chi connectivity index (χ0v) is 10.5. The van der Waals surface area contributed by atoms with E-state index < -0.39 is 0 Å². The molecule has 0 spiro atoms. The summed E-state index contributed by atoms with van der Waals surface area (Å²) in [5, 5.41) is 4.19. The molecule has 0 bridgehead atoms. The molecule has 1 saturated heterocycles. The van der Waals surface area contributed by atoms with Crippen LogP contribution in [-0.2, 0) is 11.3 Å². The van der Waals surface area contributed by atoms with Crippen molar-refractivity contribution in [2.24, 2.45) is 0 Å². The lowest BCUT2D eigenvalue weighted by molar-refractivity contribution is -0.133. The first-order valence-corrected chi connectivity index (χ1v) is 5.65. The predicted molar refractivity (Wildman–Crippen MR) is 67.1 cm³/mol. The summed E-state index contributed by atoms with van der Waals surface area (Å²) in [4.78, 5) is 11.1. The molecule has 0 radical (unpaired) electrons. The van der Waals surface area contributed by atoms with Crippen LogP contribution in [0.2, 0.25) is 0 Å². The zero-order valence-electron chi connectivity index (χ0n) is 9.72. The van der Waals surface area contributed by atoms with Crippen molar-refractivity contribution in [3.05, 3.63) is 35.4 Å². The van der Waals surface area contributed by atoms with Crippen LogP contribution in [0.5, 0.6) is 0 Å². The fourth-order valence-electron chi connectivity index (χ4n) is 2.68. The highest BCUT2D eigenvalue weighted by atomic mass is 35.5. The van der Waals surface area contributed by atoms with E-state index >= 15 is 0 Å². The molecule has 17 heavy (non-hydrogen) atoms.